The molecule has 0 unspecified atom stereocenters. The van der Waals surface area contributed by atoms with Crippen molar-refractivity contribution in [2.24, 2.45) is 0 Å². The van der Waals surface area contributed by atoms with E-state index in [0.29, 0.717) is 16.3 Å². The summed E-state index contributed by atoms with van der Waals surface area (Å²) < 4.78 is 1.64. The minimum Gasteiger partial charge on any atom is -0.310 e. The summed E-state index contributed by atoms with van der Waals surface area (Å²) in [5.74, 6) is -0.114. The van der Waals surface area contributed by atoms with Gasteiger partial charge in [0.2, 0.25) is 0 Å². The van der Waals surface area contributed by atoms with Gasteiger partial charge in [-0.25, -0.2) is 0 Å². The Hall–Kier alpha value is -0.840. The van der Waals surface area contributed by atoms with Crippen molar-refractivity contribution in [1.29, 1.82) is 0 Å². The van der Waals surface area contributed by atoms with Crippen LogP contribution in [0.4, 0.5) is 5.69 Å². The molecule has 98 valence electrons. The van der Waals surface area contributed by atoms with Gasteiger partial charge in [-0.1, -0.05) is 39.7 Å². The lowest BCUT2D eigenvalue weighted by Crippen LogP contribution is -2.26. The molecule has 2 rings (SSSR count). The van der Waals surface area contributed by atoms with Crippen LogP contribution in [0.25, 0.3) is 0 Å². The maximum absolute atomic E-state index is 12.4. The second-order valence-corrected chi connectivity index (χ2v) is 6.12. The first-order chi connectivity index (χ1) is 9.00. The highest BCUT2D eigenvalue weighted by Crippen LogP contribution is 2.30. The Bertz CT molecular complexity index is 631. The van der Waals surface area contributed by atoms with Crippen molar-refractivity contribution in [3.05, 3.63) is 62.0 Å². The van der Waals surface area contributed by atoms with E-state index in [2.05, 4.69) is 31.9 Å². The summed E-state index contributed by atoms with van der Waals surface area (Å²) in [6, 6.07) is 12.7. The number of hydrogen-bond acceptors (Lipinski definition) is 1. The van der Waals surface area contributed by atoms with E-state index >= 15 is 0 Å². The maximum Gasteiger partial charge on any atom is 0.259 e. The quantitative estimate of drug-likeness (QED) is 0.680. The van der Waals surface area contributed by atoms with Crippen LogP contribution < -0.4 is 4.90 Å². The molecular formula is C14H10Br2ClNO. The predicted octanol–water partition coefficient (Wildman–Crippen LogP) is 5.14. The van der Waals surface area contributed by atoms with Gasteiger partial charge in [-0.15, -0.1) is 0 Å². The molecule has 0 bridgehead atoms. The number of rotatable bonds is 2. The molecule has 2 aromatic carbocycles. The molecule has 0 heterocycles. The van der Waals surface area contributed by atoms with E-state index in [1.54, 1.807) is 25.2 Å². The van der Waals surface area contributed by atoms with Crippen LogP contribution in [0, 0.1) is 0 Å². The molecule has 19 heavy (non-hydrogen) atoms. The minimum atomic E-state index is -0.114. The smallest absolute Gasteiger partial charge is 0.259 e. The molecule has 0 spiro atoms. The number of carbonyl (C=O) groups excluding carboxylic acids is 1. The molecule has 1 amide bonds. The van der Waals surface area contributed by atoms with Crippen molar-refractivity contribution in [3.63, 3.8) is 0 Å². The van der Waals surface area contributed by atoms with Gasteiger partial charge >= 0.3 is 0 Å². The topological polar surface area (TPSA) is 20.3 Å². The molecule has 5 heteroatoms. The van der Waals surface area contributed by atoms with E-state index < -0.39 is 0 Å². The number of amides is 1. The molecule has 0 saturated heterocycles. The van der Waals surface area contributed by atoms with Crippen LogP contribution in [0.3, 0.4) is 0 Å². The largest absolute Gasteiger partial charge is 0.310 e. The number of anilines is 1. The molecule has 0 aliphatic heterocycles. The highest BCUT2D eigenvalue weighted by Gasteiger charge is 2.17. The summed E-state index contributed by atoms with van der Waals surface area (Å²) in [6.45, 7) is 0. The summed E-state index contributed by atoms with van der Waals surface area (Å²) in [7, 11) is 1.71. The molecule has 0 saturated carbocycles. The molecule has 0 aliphatic rings. The third-order valence-electron chi connectivity index (χ3n) is 2.68. The molecule has 0 N–H and O–H groups in total. The zero-order valence-corrected chi connectivity index (χ0v) is 14.0. The molecule has 2 aromatic rings. The van der Waals surface area contributed by atoms with E-state index in [1.807, 2.05) is 24.3 Å². The average Bonchev–Trinajstić information content (AvgIpc) is 2.38. The Labute approximate surface area is 133 Å². The van der Waals surface area contributed by atoms with Gasteiger partial charge in [0.25, 0.3) is 5.91 Å². The van der Waals surface area contributed by atoms with Crippen LogP contribution in [0.5, 0.6) is 0 Å². The number of benzene rings is 2. The first-order valence-electron chi connectivity index (χ1n) is 5.48. The lowest BCUT2D eigenvalue weighted by Gasteiger charge is -2.19. The second-order valence-electron chi connectivity index (χ2n) is 3.94. The van der Waals surface area contributed by atoms with Crippen molar-refractivity contribution in [3.8, 4) is 0 Å². The zero-order chi connectivity index (χ0) is 14.0. The van der Waals surface area contributed by atoms with E-state index in [0.717, 1.165) is 8.95 Å². The zero-order valence-electron chi connectivity index (χ0n) is 10.0. The molecule has 0 atom stereocenters. The van der Waals surface area contributed by atoms with Gasteiger partial charge < -0.3 is 4.90 Å². The van der Waals surface area contributed by atoms with Crippen molar-refractivity contribution in [2.75, 3.05) is 11.9 Å². The monoisotopic (exact) mass is 401 g/mol. The first-order valence-corrected chi connectivity index (χ1v) is 7.44. The number of hydrogen-bond donors (Lipinski definition) is 0. The number of halogens is 3. The predicted molar refractivity (Wildman–Crippen MR) is 86.0 cm³/mol. The highest BCUT2D eigenvalue weighted by molar-refractivity contribution is 9.10. The fourth-order valence-corrected chi connectivity index (χ4v) is 2.93. The highest BCUT2D eigenvalue weighted by atomic mass is 79.9. The van der Waals surface area contributed by atoms with Crippen LogP contribution in [-0.2, 0) is 0 Å². The van der Waals surface area contributed by atoms with Gasteiger partial charge in [0.05, 0.1) is 16.3 Å². The summed E-state index contributed by atoms with van der Waals surface area (Å²) >= 11 is 12.9. The molecule has 2 nitrogen and oxygen atoms in total. The molecule has 0 aliphatic carbocycles. The summed E-state index contributed by atoms with van der Waals surface area (Å²) in [5.41, 5.74) is 1.27. The summed E-state index contributed by atoms with van der Waals surface area (Å²) in [6.07, 6.45) is 0. The fourth-order valence-electron chi connectivity index (χ4n) is 1.68. The Balaban J connectivity index is 2.37. The fraction of sp³-hybridized carbons (Fsp3) is 0.0714. The second kappa shape index (κ2) is 6.07. The number of nitrogens with zero attached hydrogens (tertiary/aromatic N) is 1. The Kier molecular flexibility index (Phi) is 4.66. The van der Waals surface area contributed by atoms with Gasteiger partial charge in [0.15, 0.2) is 0 Å². The van der Waals surface area contributed by atoms with Crippen LogP contribution in [0.2, 0.25) is 5.02 Å². The SMILES string of the molecule is CN(C(=O)c1ccccc1Br)c1ccc(Br)cc1Cl. The van der Waals surface area contributed by atoms with E-state index in [9.17, 15) is 4.79 Å². The molecule has 0 fully saturated rings. The van der Waals surface area contributed by atoms with Gasteiger partial charge in [-0.3, -0.25) is 4.79 Å². The minimum absolute atomic E-state index is 0.114. The van der Waals surface area contributed by atoms with Crippen molar-refractivity contribution in [1.82, 2.24) is 0 Å². The van der Waals surface area contributed by atoms with Gasteiger partial charge in [0, 0.05) is 16.0 Å². The third-order valence-corrected chi connectivity index (χ3v) is 4.17. The van der Waals surface area contributed by atoms with Crippen LogP contribution in [0.15, 0.2) is 51.4 Å². The Morgan fingerprint density at radius 2 is 1.84 bits per heavy atom. The van der Waals surface area contributed by atoms with E-state index in [1.165, 1.54) is 4.90 Å². The molecule has 0 radical (unpaired) electrons. The van der Waals surface area contributed by atoms with Gasteiger partial charge in [0.1, 0.15) is 0 Å². The maximum atomic E-state index is 12.4. The van der Waals surface area contributed by atoms with Crippen molar-refractivity contribution < 1.29 is 4.79 Å². The van der Waals surface area contributed by atoms with Crippen LogP contribution in [-0.4, -0.2) is 13.0 Å². The average molecular weight is 404 g/mol. The van der Waals surface area contributed by atoms with Crippen LogP contribution in [0.1, 0.15) is 10.4 Å². The lowest BCUT2D eigenvalue weighted by atomic mass is 10.2. The lowest BCUT2D eigenvalue weighted by molar-refractivity contribution is 0.0992. The molecule has 0 aromatic heterocycles. The van der Waals surface area contributed by atoms with Crippen molar-refractivity contribution >= 4 is 55.1 Å². The summed E-state index contributed by atoms with van der Waals surface area (Å²) in [5, 5.41) is 0.525. The Morgan fingerprint density at radius 1 is 1.16 bits per heavy atom. The molecular weight excluding hydrogens is 393 g/mol. The van der Waals surface area contributed by atoms with Gasteiger partial charge in [-0.2, -0.15) is 0 Å². The summed E-state index contributed by atoms with van der Waals surface area (Å²) in [4.78, 5) is 14.0. The van der Waals surface area contributed by atoms with Crippen molar-refractivity contribution in [2.45, 2.75) is 0 Å². The normalized spacial score (nSPS) is 10.3. The van der Waals surface area contributed by atoms with E-state index in [-0.39, 0.29) is 5.91 Å². The Morgan fingerprint density at radius 3 is 2.47 bits per heavy atom. The third kappa shape index (κ3) is 3.19. The number of carbonyl (C=O) groups is 1. The standard InChI is InChI=1S/C14H10Br2ClNO/c1-18(13-7-6-9(15)8-12(13)17)14(19)10-4-2-3-5-11(10)16/h2-8H,1H3. The first kappa shape index (κ1) is 14.6. The van der Waals surface area contributed by atoms with Crippen LogP contribution >= 0.6 is 43.5 Å². The van der Waals surface area contributed by atoms with Gasteiger partial charge in [-0.05, 0) is 46.3 Å². The van der Waals surface area contributed by atoms with E-state index in [4.69, 9.17) is 11.6 Å².